The molecule has 0 saturated carbocycles. The highest BCUT2D eigenvalue weighted by molar-refractivity contribution is 5.88. The molecule has 51 heavy (non-hydrogen) atoms. The van der Waals surface area contributed by atoms with E-state index in [1.807, 2.05) is 12.1 Å². The average Bonchev–Trinajstić information content (AvgIpc) is 3.07. The first kappa shape index (κ1) is 35.9. The summed E-state index contributed by atoms with van der Waals surface area (Å²) in [6.07, 6.45) is 0. The van der Waals surface area contributed by atoms with Crippen LogP contribution in [0.25, 0.3) is 55.9 Å². The van der Waals surface area contributed by atoms with Crippen molar-refractivity contribution in [3.63, 3.8) is 0 Å². The fourth-order valence-corrected chi connectivity index (χ4v) is 6.96. The number of aromatic nitrogens is 1. The van der Waals surface area contributed by atoms with E-state index in [0.717, 1.165) is 50.3 Å². The molecule has 0 saturated heterocycles. The summed E-state index contributed by atoms with van der Waals surface area (Å²) >= 11 is 0. The number of nitrogens with zero attached hydrogens (tertiary/aromatic N) is 1. The van der Waals surface area contributed by atoms with Gasteiger partial charge in [-0.05, 0) is 104 Å². The van der Waals surface area contributed by atoms with E-state index in [1.165, 1.54) is 33.4 Å². The third kappa shape index (κ3) is 7.57. The van der Waals surface area contributed by atoms with Crippen molar-refractivity contribution in [2.75, 3.05) is 0 Å². The molecular formula is C49H53NO. The van der Waals surface area contributed by atoms with Crippen molar-refractivity contribution in [3.05, 3.63) is 143 Å². The zero-order chi connectivity index (χ0) is 36.9. The standard InChI is InChI=1S/C49H53NO/c1-31-23-33(34-28-36(47(3,4)5)30-37(29-34)48(6,7)8)27-35(24-31)38-17-12-14-19-40(38)44-21-16-22-45(50-44)41-20-15-13-18-39(41)42-25-32(2)26-43(46(42)51)49(9,10)11/h12-30,51H,1-11H3. The second-order valence-corrected chi connectivity index (χ2v) is 17.3. The molecule has 0 aliphatic heterocycles. The van der Waals surface area contributed by atoms with E-state index in [2.05, 4.69) is 179 Å². The number of aryl methyl sites for hydroxylation is 2. The van der Waals surface area contributed by atoms with Crippen LogP contribution < -0.4 is 0 Å². The molecule has 1 N–H and O–H groups in total. The normalized spacial score (nSPS) is 12.3. The van der Waals surface area contributed by atoms with Gasteiger partial charge in [-0.2, -0.15) is 0 Å². The van der Waals surface area contributed by atoms with E-state index in [4.69, 9.17) is 4.98 Å². The summed E-state index contributed by atoms with van der Waals surface area (Å²) in [5.41, 5.74) is 16.3. The van der Waals surface area contributed by atoms with Crippen LogP contribution in [0.1, 0.15) is 90.1 Å². The van der Waals surface area contributed by atoms with Gasteiger partial charge in [0.2, 0.25) is 0 Å². The molecule has 0 spiro atoms. The molecule has 0 aliphatic carbocycles. The van der Waals surface area contributed by atoms with Crippen molar-refractivity contribution >= 4 is 0 Å². The number of benzene rings is 5. The van der Waals surface area contributed by atoms with Crippen LogP contribution in [0.5, 0.6) is 5.75 Å². The molecule has 0 fully saturated rings. The van der Waals surface area contributed by atoms with Crippen LogP contribution in [0.4, 0.5) is 0 Å². The van der Waals surface area contributed by atoms with Gasteiger partial charge in [0.1, 0.15) is 5.75 Å². The first-order valence-corrected chi connectivity index (χ1v) is 18.2. The molecule has 0 atom stereocenters. The molecule has 2 nitrogen and oxygen atoms in total. The Bertz CT molecular complexity index is 2200. The van der Waals surface area contributed by atoms with Gasteiger partial charge in [-0.15, -0.1) is 0 Å². The molecule has 6 rings (SSSR count). The smallest absolute Gasteiger partial charge is 0.127 e. The maximum Gasteiger partial charge on any atom is 0.127 e. The SMILES string of the molecule is Cc1cc(-c2cc(C(C)(C)C)cc(C(C)(C)C)c2)cc(-c2ccccc2-c2cccc(-c3ccccc3-c3cc(C)cc(C(C)(C)C)c3O)n2)c1. The highest BCUT2D eigenvalue weighted by Gasteiger charge is 2.24. The third-order valence-corrected chi connectivity index (χ3v) is 9.89. The van der Waals surface area contributed by atoms with E-state index in [-0.39, 0.29) is 16.2 Å². The van der Waals surface area contributed by atoms with Crippen LogP contribution in [0.2, 0.25) is 0 Å². The molecule has 1 heterocycles. The van der Waals surface area contributed by atoms with Crippen molar-refractivity contribution in [3.8, 4) is 61.6 Å². The Labute approximate surface area is 306 Å². The van der Waals surface area contributed by atoms with Crippen molar-refractivity contribution < 1.29 is 5.11 Å². The van der Waals surface area contributed by atoms with Gasteiger partial charge in [-0.25, -0.2) is 4.98 Å². The highest BCUT2D eigenvalue weighted by atomic mass is 16.3. The summed E-state index contributed by atoms with van der Waals surface area (Å²) in [6.45, 7) is 24.5. The van der Waals surface area contributed by atoms with Crippen LogP contribution in [-0.2, 0) is 16.2 Å². The lowest BCUT2D eigenvalue weighted by Gasteiger charge is -2.26. The number of phenolic OH excluding ortho intramolecular Hbond substituents is 1. The number of phenols is 1. The van der Waals surface area contributed by atoms with Crippen LogP contribution in [0.3, 0.4) is 0 Å². The Balaban J connectivity index is 1.47. The molecule has 2 heteroatoms. The summed E-state index contributed by atoms with van der Waals surface area (Å²) in [7, 11) is 0. The first-order valence-electron chi connectivity index (χ1n) is 18.2. The quantitative estimate of drug-likeness (QED) is 0.198. The van der Waals surface area contributed by atoms with Gasteiger partial charge in [0.25, 0.3) is 0 Å². The zero-order valence-corrected chi connectivity index (χ0v) is 32.4. The molecular weight excluding hydrogens is 619 g/mol. The van der Waals surface area contributed by atoms with Crippen molar-refractivity contribution in [1.29, 1.82) is 0 Å². The fraction of sp³-hybridized carbons (Fsp3) is 0.286. The minimum absolute atomic E-state index is 0.0392. The summed E-state index contributed by atoms with van der Waals surface area (Å²) in [6, 6.07) is 41.4. The lowest BCUT2D eigenvalue weighted by molar-refractivity contribution is 0.448. The predicted molar refractivity (Wildman–Crippen MR) is 219 cm³/mol. The Hall–Kier alpha value is -4.95. The van der Waals surface area contributed by atoms with E-state index >= 15 is 0 Å². The molecule has 0 amide bonds. The molecule has 1 aromatic heterocycles. The van der Waals surface area contributed by atoms with Gasteiger partial charge in [0, 0.05) is 22.3 Å². The molecule has 0 bridgehead atoms. The molecule has 260 valence electrons. The Morgan fingerprint density at radius 1 is 0.412 bits per heavy atom. The summed E-state index contributed by atoms with van der Waals surface area (Å²) in [5, 5.41) is 11.6. The number of hydrogen-bond donors (Lipinski definition) is 1. The van der Waals surface area contributed by atoms with E-state index in [9.17, 15) is 5.11 Å². The third-order valence-electron chi connectivity index (χ3n) is 9.89. The van der Waals surface area contributed by atoms with Gasteiger partial charge in [-0.1, -0.05) is 153 Å². The van der Waals surface area contributed by atoms with Crippen LogP contribution in [-0.4, -0.2) is 10.1 Å². The minimum atomic E-state index is -0.193. The molecule has 0 unspecified atom stereocenters. The highest BCUT2D eigenvalue weighted by Crippen LogP contribution is 2.43. The van der Waals surface area contributed by atoms with Gasteiger partial charge in [0.15, 0.2) is 0 Å². The van der Waals surface area contributed by atoms with E-state index in [0.29, 0.717) is 5.75 Å². The van der Waals surface area contributed by atoms with Gasteiger partial charge >= 0.3 is 0 Å². The maximum absolute atomic E-state index is 11.6. The zero-order valence-electron chi connectivity index (χ0n) is 32.4. The molecule has 0 radical (unpaired) electrons. The monoisotopic (exact) mass is 671 g/mol. The van der Waals surface area contributed by atoms with E-state index in [1.54, 1.807) is 0 Å². The largest absolute Gasteiger partial charge is 0.507 e. The van der Waals surface area contributed by atoms with Crippen LogP contribution >= 0.6 is 0 Å². The van der Waals surface area contributed by atoms with Crippen LogP contribution in [0, 0.1) is 13.8 Å². The average molecular weight is 672 g/mol. The van der Waals surface area contributed by atoms with Crippen molar-refractivity contribution in [2.24, 2.45) is 0 Å². The van der Waals surface area contributed by atoms with Crippen molar-refractivity contribution in [1.82, 2.24) is 4.98 Å². The second kappa shape index (κ2) is 13.3. The second-order valence-electron chi connectivity index (χ2n) is 17.3. The summed E-state index contributed by atoms with van der Waals surface area (Å²) < 4.78 is 0. The van der Waals surface area contributed by atoms with E-state index < -0.39 is 0 Å². The number of pyridine rings is 1. The first-order chi connectivity index (χ1) is 23.9. The van der Waals surface area contributed by atoms with Gasteiger partial charge in [-0.3, -0.25) is 0 Å². The Morgan fingerprint density at radius 2 is 0.882 bits per heavy atom. The fourth-order valence-electron chi connectivity index (χ4n) is 6.96. The predicted octanol–water partition coefficient (Wildman–Crippen LogP) is 13.6. The van der Waals surface area contributed by atoms with Gasteiger partial charge < -0.3 is 5.11 Å². The number of rotatable bonds is 5. The van der Waals surface area contributed by atoms with Crippen LogP contribution in [0.15, 0.2) is 115 Å². The Kier molecular flexibility index (Phi) is 9.36. The summed E-state index contributed by atoms with van der Waals surface area (Å²) in [4.78, 5) is 5.31. The molecule has 0 aliphatic rings. The number of hydrogen-bond acceptors (Lipinski definition) is 2. The topological polar surface area (TPSA) is 33.1 Å². The lowest BCUT2D eigenvalue weighted by atomic mass is 9.78. The number of aromatic hydroxyl groups is 1. The van der Waals surface area contributed by atoms with Gasteiger partial charge in [0.05, 0.1) is 11.4 Å². The summed E-state index contributed by atoms with van der Waals surface area (Å²) in [5.74, 6) is 0.333. The molecule has 6 aromatic rings. The molecule has 5 aromatic carbocycles. The lowest BCUT2D eigenvalue weighted by Crippen LogP contribution is -2.16. The Morgan fingerprint density at radius 3 is 1.43 bits per heavy atom. The maximum atomic E-state index is 11.6. The minimum Gasteiger partial charge on any atom is -0.507 e. The van der Waals surface area contributed by atoms with Crippen molar-refractivity contribution in [2.45, 2.75) is 92.4 Å².